The molecule has 0 radical (unpaired) electrons. The lowest BCUT2D eigenvalue weighted by Gasteiger charge is -2.08. The summed E-state index contributed by atoms with van der Waals surface area (Å²) in [5.41, 5.74) is 1.34. The van der Waals surface area contributed by atoms with Crippen LogP contribution in [-0.2, 0) is 6.54 Å². The van der Waals surface area contributed by atoms with Crippen LogP contribution >= 0.6 is 0 Å². The summed E-state index contributed by atoms with van der Waals surface area (Å²) < 4.78 is 5.73. The molecular weight excluding hydrogens is 222 g/mol. The Kier molecular flexibility index (Phi) is 5.06. The lowest BCUT2D eigenvalue weighted by atomic mass is 10.1. The Hall–Kier alpha value is -1.02. The normalized spacial score (nSPS) is 15.1. The molecule has 1 aliphatic rings. The van der Waals surface area contributed by atoms with E-state index in [1.165, 1.54) is 24.8 Å². The Balaban J connectivity index is 1.66. The largest absolute Gasteiger partial charge is 0.494 e. The van der Waals surface area contributed by atoms with Gasteiger partial charge in [-0.15, -0.1) is 0 Å². The maximum Gasteiger partial charge on any atom is 0.119 e. The third-order valence-electron chi connectivity index (χ3n) is 3.29. The van der Waals surface area contributed by atoms with Crippen molar-refractivity contribution in [2.45, 2.75) is 52.1 Å². The van der Waals surface area contributed by atoms with Crippen LogP contribution in [0.15, 0.2) is 24.3 Å². The van der Waals surface area contributed by atoms with Gasteiger partial charge < -0.3 is 10.1 Å². The first-order valence-electron chi connectivity index (χ1n) is 7.19. The van der Waals surface area contributed by atoms with E-state index in [0.717, 1.165) is 37.3 Å². The summed E-state index contributed by atoms with van der Waals surface area (Å²) in [7, 11) is 0. The molecule has 1 fully saturated rings. The van der Waals surface area contributed by atoms with Crippen LogP contribution in [0.5, 0.6) is 5.75 Å². The zero-order valence-electron chi connectivity index (χ0n) is 11.6. The molecule has 1 aromatic rings. The summed E-state index contributed by atoms with van der Waals surface area (Å²) in [6.45, 7) is 6.32. The van der Waals surface area contributed by atoms with Crippen molar-refractivity contribution < 1.29 is 4.74 Å². The van der Waals surface area contributed by atoms with Crippen LogP contribution in [0, 0.1) is 5.92 Å². The van der Waals surface area contributed by atoms with Gasteiger partial charge in [-0.2, -0.15) is 0 Å². The van der Waals surface area contributed by atoms with Gasteiger partial charge in [-0.3, -0.25) is 0 Å². The average Bonchev–Trinajstić information content (AvgIpc) is 3.17. The molecule has 0 saturated heterocycles. The van der Waals surface area contributed by atoms with E-state index in [9.17, 15) is 0 Å². The van der Waals surface area contributed by atoms with E-state index in [4.69, 9.17) is 4.74 Å². The smallest absolute Gasteiger partial charge is 0.119 e. The second kappa shape index (κ2) is 6.79. The molecule has 18 heavy (non-hydrogen) atoms. The molecule has 2 nitrogen and oxygen atoms in total. The SMILES string of the molecule is CC(C)CCCOc1ccc(CNC2CC2)cc1. The van der Waals surface area contributed by atoms with Gasteiger partial charge >= 0.3 is 0 Å². The topological polar surface area (TPSA) is 21.3 Å². The van der Waals surface area contributed by atoms with Crippen LogP contribution in [-0.4, -0.2) is 12.6 Å². The summed E-state index contributed by atoms with van der Waals surface area (Å²) in [4.78, 5) is 0. The molecular formula is C16H25NO. The van der Waals surface area contributed by atoms with Gasteiger partial charge in [0.1, 0.15) is 5.75 Å². The fourth-order valence-corrected chi connectivity index (χ4v) is 1.93. The Morgan fingerprint density at radius 2 is 1.94 bits per heavy atom. The lowest BCUT2D eigenvalue weighted by molar-refractivity contribution is 0.297. The molecule has 100 valence electrons. The van der Waals surface area contributed by atoms with Crippen LogP contribution in [0.1, 0.15) is 45.1 Å². The van der Waals surface area contributed by atoms with Crippen LogP contribution in [0.2, 0.25) is 0 Å². The third-order valence-corrected chi connectivity index (χ3v) is 3.29. The molecule has 0 heterocycles. The summed E-state index contributed by atoms with van der Waals surface area (Å²) in [5.74, 6) is 1.76. The molecule has 0 spiro atoms. The van der Waals surface area contributed by atoms with Crippen molar-refractivity contribution in [1.29, 1.82) is 0 Å². The van der Waals surface area contributed by atoms with Gasteiger partial charge in [0.15, 0.2) is 0 Å². The predicted molar refractivity (Wildman–Crippen MR) is 75.9 cm³/mol. The molecule has 0 amide bonds. The number of hydrogen-bond donors (Lipinski definition) is 1. The predicted octanol–water partition coefficient (Wildman–Crippen LogP) is 3.75. The maximum absolute atomic E-state index is 5.73. The van der Waals surface area contributed by atoms with Gasteiger partial charge in [0.05, 0.1) is 6.61 Å². The highest BCUT2D eigenvalue weighted by Gasteiger charge is 2.19. The van der Waals surface area contributed by atoms with E-state index in [2.05, 4.69) is 43.4 Å². The standard InChI is InChI=1S/C16H25NO/c1-13(2)4-3-11-18-16-9-5-14(6-10-16)12-17-15-7-8-15/h5-6,9-10,13,15,17H,3-4,7-8,11-12H2,1-2H3. The van der Waals surface area contributed by atoms with Crippen LogP contribution in [0.25, 0.3) is 0 Å². The fourth-order valence-electron chi connectivity index (χ4n) is 1.93. The molecule has 1 aromatic carbocycles. The monoisotopic (exact) mass is 247 g/mol. The molecule has 0 aromatic heterocycles. The molecule has 1 N–H and O–H groups in total. The Bertz CT molecular complexity index is 341. The minimum absolute atomic E-state index is 0.768. The fraction of sp³-hybridized carbons (Fsp3) is 0.625. The molecule has 1 saturated carbocycles. The number of rotatable bonds is 8. The van der Waals surface area contributed by atoms with Crippen molar-refractivity contribution >= 4 is 0 Å². The number of benzene rings is 1. The first kappa shape index (κ1) is 13.4. The third kappa shape index (κ3) is 5.09. The molecule has 1 aliphatic carbocycles. The highest BCUT2D eigenvalue weighted by molar-refractivity contribution is 5.27. The quantitative estimate of drug-likeness (QED) is 0.706. The molecule has 0 bridgehead atoms. The average molecular weight is 247 g/mol. The molecule has 2 heteroatoms. The van der Waals surface area contributed by atoms with Crippen molar-refractivity contribution in [2.24, 2.45) is 5.92 Å². The van der Waals surface area contributed by atoms with Crippen molar-refractivity contribution in [3.8, 4) is 5.75 Å². The zero-order valence-corrected chi connectivity index (χ0v) is 11.6. The van der Waals surface area contributed by atoms with Gasteiger partial charge in [-0.1, -0.05) is 26.0 Å². The molecule has 0 unspecified atom stereocenters. The molecule has 0 atom stereocenters. The van der Waals surface area contributed by atoms with Crippen molar-refractivity contribution in [3.63, 3.8) is 0 Å². The second-order valence-electron chi connectivity index (χ2n) is 5.68. The van der Waals surface area contributed by atoms with Gasteiger partial charge in [0.2, 0.25) is 0 Å². The number of hydrogen-bond acceptors (Lipinski definition) is 2. The van der Waals surface area contributed by atoms with E-state index in [1.807, 2.05) is 0 Å². The Morgan fingerprint density at radius 3 is 2.56 bits per heavy atom. The van der Waals surface area contributed by atoms with E-state index in [-0.39, 0.29) is 0 Å². The van der Waals surface area contributed by atoms with E-state index >= 15 is 0 Å². The van der Waals surface area contributed by atoms with Crippen molar-refractivity contribution in [2.75, 3.05) is 6.61 Å². The second-order valence-corrected chi connectivity index (χ2v) is 5.68. The minimum atomic E-state index is 0.768. The number of ether oxygens (including phenoxy) is 1. The Labute approximate surface area is 111 Å². The molecule has 2 rings (SSSR count). The first-order chi connectivity index (χ1) is 8.74. The minimum Gasteiger partial charge on any atom is -0.494 e. The van der Waals surface area contributed by atoms with Crippen LogP contribution < -0.4 is 10.1 Å². The lowest BCUT2D eigenvalue weighted by Crippen LogP contribution is -2.15. The van der Waals surface area contributed by atoms with Crippen molar-refractivity contribution in [1.82, 2.24) is 5.32 Å². The van der Waals surface area contributed by atoms with E-state index in [0.29, 0.717) is 0 Å². The van der Waals surface area contributed by atoms with Crippen LogP contribution in [0.4, 0.5) is 0 Å². The summed E-state index contributed by atoms with van der Waals surface area (Å²) in [6.07, 6.45) is 5.07. The highest BCUT2D eigenvalue weighted by atomic mass is 16.5. The highest BCUT2D eigenvalue weighted by Crippen LogP contribution is 2.20. The first-order valence-corrected chi connectivity index (χ1v) is 7.19. The maximum atomic E-state index is 5.73. The molecule has 0 aliphatic heterocycles. The number of nitrogens with one attached hydrogen (secondary N) is 1. The Morgan fingerprint density at radius 1 is 1.22 bits per heavy atom. The van der Waals surface area contributed by atoms with Crippen molar-refractivity contribution in [3.05, 3.63) is 29.8 Å². The van der Waals surface area contributed by atoms with E-state index in [1.54, 1.807) is 0 Å². The summed E-state index contributed by atoms with van der Waals surface area (Å²) >= 11 is 0. The summed E-state index contributed by atoms with van der Waals surface area (Å²) in [5, 5.41) is 3.52. The summed E-state index contributed by atoms with van der Waals surface area (Å²) in [6, 6.07) is 9.26. The van der Waals surface area contributed by atoms with Gasteiger partial charge in [0.25, 0.3) is 0 Å². The van der Waals surface area contributed by atoms with Crippen LogP contribution in [0.3, 0.4) is 0 Å². The van der Waals surface area contributed by atoms with Gasteiger partial charge in [0, 0.05) is 12.6 Å². The van der Waals surface area contributed by atoms with Gasteiger partial charge in [-0.05, 0) is 49.3 Å². The van der Waals surface area contributed by atoms with Gasteiger partial charge in [-0.25, -0.2) is 0 Å². The van der Waals surface area contributed by atoms with E-state index < -0.39 is 0 Å². The zero-order chi connectivity index (χ0) is 12.8.